The van der Waals surface area contributed by atoms with Gasteiger partial charge in [0.05, 0.1) is 17.1 Å². The maximum absolute atomic E-state index is 14.1. The van der Waals surface area contributed by atoms with Gasteiger partial charge in [0.2, 0.25) is 0 Å². The Morgan fingerprint density at radius 2 is 2.00 bits per heavy atom. The number of carbonyl (C=O) groups is 2. The average molecular weight is 326 g/mol. The van der Waals surface area contributed by atoms with Gasteiger partial charge < -0.3 is 9.64 Å². The number of morpholine rings is 1. The van der Waals surface area contributed by atoms with E-state index in [-0.39, 0.29) is 29.7 Å². The number of amides is 1. The SMILES string of the molecule is O=C(c1c(F)cccc1Cl)N1CCOC(=O)C12CCCCC2. The molecule has 1 aliphatic heterocycles. The van der Waals surface area contributed by atoms with Gasteiger partial charge in [0, 0.05) is 0 Å². The minimum atomic E-state index is -0.959. The summed E-state index contributed by atoms with van der Waals surface area (Å²) in [5, 5.41) is 0.0647. The first kappa shape index (κ1) is 15.3. The average Bonchev–Trinajstić information content (AvgIpc) is 2.51. The number of hydrogen-bond donors (Lipinski definition) is 0. The molecule has 3 rings (SSSR count). The molecule has 1 aromatic rings. The second kappa shape index (κ2) is 5.88. The van der Waals surface area contributed by atoms with Gasteiger partial charge in [-0.25, -0.2) is 9.18 Å². The standard InChI is InChI=1S/C16H17ClFNO3/c17-11-5-4-6-12(18)13(11)14(20)19-9-10-22-15(21)16(19)7-2-1-3-8-16/h4-6H,1-3,7-10H2. The van der Waals surface area contributed by atoms with Gasteiger partial charge in [0.15, 0.2) is 0 Å². The Morgan fingerprint density at radius 1 is 1.27 bits per heavy atom. The molecule has 0 aromatic heterocycles. The Labute approximate surface area is 133 Å². The molecule has 0 atom stereocenters. The first-order valence-electron chi connectivity index (χ1n) is 7.49. The highest BCUT2D eigenvalue weighted by Gasteiger charge is 2.51. The molecule has 22 heavy (non-hydrogen) atoms. The normalized spacial score (nSPS) is 20.8. The Kier molecular flexibility index (Phi) is 4.08. The quantitative estimate of drug-likeness (QED) is 0.745. The number of rotatable bonds is 1. The summed E-state index contributed by atoms with van der Waals surface area (Å²) in [4.78, 5) is 26.7. The highest BCUT2D eigenvalue weighted by atomic mass is 35.5. The summed E-state index contributed by atoms with van der Waals surface area (Å²) >= 11 is 6.00. The summed E-state index contributed by atoms with van der Waals surface area (Å²) < 4.78 is 19.2. The number of hydrogen-bond acceptors (Lipinski definition) is 3. The lowest BCUT2D eigenvalue weighted by Gasteiger charge is -2.47. The van der Waals surface area contributed by atoms with Crippen LogP contribution in [0.15, 0.2) is 18.2 Å². The molecule has 1 spiro atoms. The van der Waals surface area contributed by atoms with Crippen LogP contribution in [0, 0.1) is 5.82 Å². The number of cyclic esters (lactones) is 1. The fourth-order valence-electron chi connectivity index (χ4n) is 3.43. The van der Waals surface area contributed by atoms with E-state index in [0.717, 1.165) is 19.3 Å². The van der Waals surface area contributed by atoms with Crippen LogP contribution in [0.4, 0.5) is 4.39 Å². The van der Waals surface area contributed by atoms with E-state index in [4.69, 9.17) is 16.3 Å². The van der Waals surface area contributed by atoms with Crippen molar-refractivity contribution in [2.24, 2.45) is 0 Å². The smallest absolute Gasteiger partial charge is 0.332 e. The summed E-state index contributed by atoms with van der Waals surface area (Å²) in [6.45, 7) is 0.410. The molecule has 1 aromatic carbocycles. The Bertz CT molecular complexity index is 593. The van der Waals surface area contributed by atoms with E-state index in [9.17, 15) is 14.0 Å². The van der Waals surface area contributed by atoms with E-state index >= 15 is 0 Å². The van der Waals surface area contributed by atoms with Crippen LogP contribution in [0.2, 0.25) is 5.02 Å². The molecule has 118 valence electrons. The second-order valence-electron chi connectivity index (χ2n) is 5.78. The van der Waals surface area contributed by atoms with Gasteiger partial charge in [-0.1, -0.05) is 36.9 Å². The van der Waals surface area contributed by atoms with E-state index in [0.29, 0.717) is 12.8 Å². The van der Waals surface area contributed by atoms with E-state index in [1.54, 1.807) is 0 Å². The minimum Gasteiger partial charge on any atom is -0.462 e. The lowest BCUT2D eigenvalue weighted by molar-refractivity contribution is -0.168. The Balaban J connectivity index is 2.01. The van der Waals surface area contributed by atoms with Gasteiger partial charge in [-0.05, 0) is 25.0 Å². The fourth-order valence-corrected chi connectivity index (χ4v) is 3.68. The number of esters is 1. The summed E-state index contributed by atoms with van der Waals surface area (Å²) in [5.74, 6) is -1.57. The molecular formula is C16H17ClFNO3. The number of ether oxygens (including phenoxy) is 1. The summed E-state index contributed by atoms with van der Waals surface area (Å²) in [7, 11) is 0. The lowest BCUT2D eigenvalue weighted by Crippen LogP contribution is -2.62. The van der Waals surface area contributed by atoms with Gasteiger partial charge in [0.1, 0.15) is 18.0 Å². The van der Waals surface area contributed by atoms with Crippen molar-refractivity contribution in [2.75, 3.05) is 13.2 Å². The summed E-state index contributed by atoms with van der Waals surface area (Å²) in [6, 6.07) is 4.14. The number of nitrogens with zero attached hydrogens (tertiary/aromatic N) is 1. The molecule has 1 heterocycles. The molecule has 4 nitrogen and oxygen atoms in total. The summed E-state index contributed by atoms with van der Waals surface area (Å²) in [5.41, 5.74) is -1.12. The van der Waals surface area contributed by atoms with E-state index in [2.05, 4.69) is 0 Å². The van der Waals surface area contributed by atoms with Crippen molar-refractivity contribution in [2.45, 2.75) is 37.6 Å². The predicted octanol–water partition coefficient (Wildman–Crippen LogP) is 3.18. The molecule has 1 aliphatic carbocycles. The predicted molar refractivity (Wildman–Crippen MR) is 79.2 cm³/mol. The zero-order valence-corrected chi connectivity index (χ0v) is 12.9. The van der Waals surface area contributed by atoms with Crippen LogP contribution in [0.5, 0.6) is 0 Å². The van der Waals surface area contributed by atoms with Crippen LogP contribution in [0.1, 0.15) is 42.5 Å². The van der Waals surface area contributed by atoms with Gasteiger partial charge in [0.25, 0.3) is 5.91 Å². The molecule has 1 amide bonds. The van der Waals surface area contributed by atoms with E-state index in [1.807, 2.05) is 0 Å². The molecule has 2 fully saturated rings. The zero-order chi connectivity index (χ0) is 15.7. The van der Waals surface area contributed by atoms with Crippen molar-refractivity contribution < 1.29 is 18.7 Å². The van der Waals surface area contributed by atoms with Crippen molar-refractivity contribution in [1.29, 1.82) is 0 Å². The van der Waals surface area contributed by atoms with Crippen molar-refractivity contribution in [3.05, 3.63) is 34.6 Å². The van der Waals surface area contributed by atoms with Crippen molar-refractivity contribution >= 4 is 23.5 Å². The van der Waals surface area contributed by atoms with Crippen LogP contribution in [0.25, 0.3) is 0 Å². The largest absolute Gasteiger partial charge is 0.462 e. The zero-order valence-electron chi connectivity index (χ0n) is 12.1. The molecule has 0 radical (unpaired) electrons. The third-order valence-corrected chi connectivity index (χ3v) is 4.86. The molecule has 0 bridgehead atoms. The number of carbonyl (C=O) groups excluding carboxylic acids is 2. The minimum absolute atomic E-state index is 0.0647. The lowest BCUT2D eigenvalue weighted by atomic mass is 9.79. The van der Waals surface area contributed by atoms with E-state index in [1.165, 1.54) is 23.1 Å². The maximum atomic E-state index is 14.1. The molecule has 6 heteroatoms. The van der Waals surface area contributed by atoms with Crippen LogP contribution in [-0.2, 0) is 9.53 Å². The molecular weight excluding hydrogens is 309 g/mol. The fraction of sp³-hybridized carbons (Fsp3) is 0.500. The van der Waals surface area contributed by atoms with Gasteiger partial charge in [-0.15, -0.1) is 0 Å². The monoisotopic (exact) mass is 325 g/mol. The van der Waals surface area contributed by atoms with Crippen LogP contribution in [-0.4, -0.2) is 35.5 Å². The Hall–Kier alpha value is -1.62. The first-order valence-corrected chi connectivity index (χ1v) is 7.87. The van der Waals surface area contributed by atoms with Gasteiger partial charge >= 0.3 is 5.97 Å². The number of halogens is 2. The van der Waals surface area contributed by atoms with E-state index < -0.39 is 17.3 Å². The maximum Gasteiger partial charge on any atom is 0.332 e. The first-order chi connectivity index (χ1) is 10.6. The van der Waals surface area contributed by atoms with Crippen molar-refractivity contribution in [3.63, 3.8) is 0 Å². The highest BCUT2D eigenvalue weighted by Crippen LogP contribution is 2.38. The molecule has 2 aliphatic rings. The van der Waals surface area contributed by atoms with Crippen molar-refractivity contribution in [1.82, 2.24) is 4.90 Å². The van der Waals surface area contributed by atoms with Gasteiger partial charge in [-0.3, -0.25) is 4.79 Å². The third-order valence-electron chi connectivity index (χ3n) is 4.55. The summed E-state index contributed by atoms with van der Waals surface area (Å²) in [6.07, 6.45) is 3.85. The van der Waals surface area contributed by atoms with Crippen LogP contribution < -0.4 is 0 Å². The van der Waals surface area contributed by atoms with Crippen LogP contribution in [0.3, 0.4) is 0 Å². The topological polar surface area (TPSA) is 46.6 Å². The third kappa shape index (κ3) is 2.37. The molecule has 1 saturated carbocycles. The van der Waals surface area contributed by atoms with Crippen LogP contribution >= 0.6 is 11.6 Å². The highest BCUT2D eigenvalue weighted by molar-refractivity contribution is 6.33. The Morgan fingerprint density at radius 3 is 2.68 bits per heavy atom. The second-order valence-corrected chi connectivity index (χ2v) is 6.19. The molecule has 0 N–H and O–H groups in total. The van der Waals surface area contributed by atoms with Gasteiger partial charge in [-0.2, -0.15) is 0 Å². The van der Waals surface area contributed by atoms with Crippen molar-refractivity contribution in [3.8, 4) is 0 Å². The molecule has 0 unspecified atom stereocenters. The number of benzene rings is 1. The molecule has 1 saturated heterocycles.